The van der Waals surface area contributed by atoms with E-state index >= 15 is 4.79 Å². The fraction of sp³-hybridized carbons (Fsp3) is 0.442. The van der Waals surface area contributed by atoms with Crippen molar-refractivity contribution in [3.8, 4) is 11.1 Å². The van der Waals surface area contributed by atoms with Crippen LogP contribution in [-0.4, -0.2) is 98.1 Å². The highest BCUT2D eigenvalue weighted by molar-refractivity contribution is 7.89. The van der Waals surface area contributed by atoms with Crippen LogP contribution in [0.3, 0.4) is 0 Å². The minimum Gasteiger partial charge on any atom is -0.464 e. The van der Waals surface area contributed by atoms with Crippen molar-refractivity contribution in [1.82, 2.24) is 19.8 Å². The number of amides is 3. The van der Waals surface area contributed by atoms with Crippen molar-refractivity contribution < 1.29 is 41.8 Å². The Labute approximate surface area is 438 Å². The molecule has 2 aliphatic heterocycles. The van der Waals surface area contributed by atoms with Gasteiger partial charge in [0.15, 0.2) is 0 Å². The SMILES string of the molecule is CCOC(=O)[C@@]12C[C@@H]1/C=C\CCCN(S(=O)(=O)c1ccccc1\N=N/N=N/N=N/N=N/N=N/N=N/N=N/N=N/N=N/N=N)C[C@H](NC(=O)OC(C)(C)C)C(=O)N1C[C@](OC)(c3ccc(-c4ccccc4)cc3)C[C@H]1C(=O)N2. The Kier molecular flexibility index (Phi) is 20.0. The van der Waals surface area contributed by atoms with Gasteiger partial charge in [-0.25, -0.2) is 18.0 Å². The van der Waals surface area contributed by atoms with Gasteiger partial charge in [0.05, 0.1) is 13.2 Å². The molecule has 5 atom stereocenters. The van der Waals surface area contributed by atoms with Crippen LogP contribution in [0.4, 0.5) is 10.5 Å². The number of hydrogen-bond acceptors (Lipinski definition) is 11. The average molecular weight is 1080 g/mol. The number of allylic oxidation sites excluding steroid dienone is 1. The van der Waals surface area contributed by atoms with E-state index in [1.807, 2.05) is 54.6 Å². The van der Waals surface area contributed by atoms with Gasteiger partial charge in [-0.15, -0.1) is 5.11 Å². The first-order valence-electron chi connectivity index (χ1n) is 23.3. The van der Waals surface area contributed by atoms with Crippen molar-refractivity contribution in [2.24, 2.45) is 105 Å². The molecule has 0 radical (unpaired) electrons. The van der Waals surface area contributed by atoms with Gasteiger partial charge in [0.2, 0.25) is 21.8 Å². The van der Waals surface area contributed by atoms with Crippen LogP contribution in [0.25, 0.3) is 11.1 Å². The van der Waals surface area contributed by atoms with Crippen molar-refractivity contribution in [2.75, 3.05) is 33.4 Å². The lowest BCUT2D eigenvalue weighted by Crippen LogP contribution is -2.59. The Morgan fingerprint density at radius 3 is 1.94 bits per heavy atom. The molecule has 0 bridgehead atoms. The quantitative estimate of drug-likeness (QED) is 0.0472. The molecule has 1 aliphatic carbocycles. The van der Waals surface area contributed by atoms with Crippen LogP contribution in [0.2, 0.25) is 0 Å². The number of nitrogens with one attached hydrogen (secondary N) is 3. The standard InChI is InChI=1S/C43H52N24O9S/c1-6-75-39(70)43-25-32(43)17-11-8-14-24-66(77(72,73)36-19-13-12-18-33(36)47-49-51-53-55-57-59-61-63-65-64-62-60-58-56-54-52-50-48-44)27-34(45-40(71)76-41(2,3)4)38(69)67-28-42(74-5,26-35(67)37(68)46-43)31-22-20-30(21-23-31)29-15-9-7-10-16-29/h7,9-13,15-23,32,34-35,44H,6,8,14,24-28H2,1-5H3,(H,45,71)(H,46,68)/b17-11-,48-44?,49-47-,52-50+,53-51+,56-54+,57-55+,60-58+,61-59+,64-62+,65-63+/t32-,34-,35-,42-,43+/m0/s1. The van der Waals surface area contributed by atoms with Gasteiger partial charge in [-0.2, -0.15) is 9.84 Å². The summed E-state index contributed by atoms with van der Waals surface area (Å²) in [5.74, 6) is -2.65. The highest BCUT2D eigenvalue weighted by Gasteiger charge is 2.63. The van der Waals surface area contributed by atoms with E-state index < -0.39 is 75.2 Å². The van der Waals surface area contributed by atoms with Crippen molar-refractivity contribution in [3.05, 3.63) is 96.6 Å². The maximum atomic E-state index is 15.4. The second-order valence-corrected chi connectivity index (χ2v) is 19.5. The van der Waals surface area contributed by atoms with Gasteiger partial charge in [0, 0.05) is 43.0 Å². The van der Waals surface area contributed by atoms with Crippen LogP contribution >= 0.6 is 0 Å². The molecule has 3 aliphatic rings. The first kappa shape index (κ1) is 57.2. The summed E-state index contributed by atoms with van der Waals surface area (Å²) < 4.78 is 48.3. The lowest BCUT2D eigenvalue weighted by Gasteiger charge is -2.33. The van der Waals surface area contributed by atoms with Crippen LogP contribution < -0.4 is 10.6 Å². The van der Waals surface area contributed by atoms with E-state index in [-0.39, 0.29) is 49.5 Å². The summed E-state index contributed by atoms with van der Waals surface area (Å²) in [7, 11) is -3.19. The van der Waals surface area contributed by atoms with E-state index in [2.05, 4.69) is 110 Å². The normalized spacial score (nSPS) is 23.6. The summed E-state index contributed by atoms with van der Waals surface area (Å²) in [5.41, 5.74) is 4.86. The lowest BCUT2D eigenvalue weighted by molar-refractivity contribution is -0.150. The largest absolute Gasteiger partial charge is 0.464 e. The van der Waals surface area contributed by atoms with Crippen molar-refractivity contribution in [1.29, 1.82) is 5.53 Å². The molecule has 0 unspecified atom stereocenters. The Hall–Kier alpha value is -9.05. The number of carbonyl (C=O) groups is 4. The number of hydrogen-bond donors (Lipinski definition) is 3. The smallest absolute Gasteiger partial charge is 0.408 e. The monoisotopic (exact) mass is 1080 g/mol. The third kappa shape index (κ3) is 15.5. The molecular weight excluding hydrogens is 1030 g/mol. The van der Waals surface area contributed by atoms with E-state index in [9.17, 15) is 22.8 Å². The van der Waals surface area contributed by atoms with Crippen molar-refractivity contribution >= 4 is 39.6 Å². The molecule has 3 N–H and O–H groups in total. The number of fused-ring (bicyclic) bond motifs is 2. The molecule has 3 aromatic carbocycles. The molecule has 3 amide bonds. The van der Waals surface area contributed by atoms with Crippen LogP contribution in [0.5, 0.6) is 0 Å². The summed E-state index contributed by atoms with van der Waals surface area (Å²) in [6.07, 6.45) is 3.13. The second kappa shape index (κ2) is 26.9. The van der Waals surface area contributed by atoms with Gasteiger partial charge < -0.3 is 29.7 Å². The fourth-order valence-corrected chi connectivity index (χ4v) is 9.79. The Morgan fingerprint density at radius 2 is 1.35 bits per heavy atom. The third-order valence-corrected chi connectivity index (χ3v) is 13.6. The predicted octanol–water partition coefficient (Wildman–Crippen LogP) is 9.14. The van der Waals surface area contributed by atoms with E-state index in [0.717, 1.165) is 15.4 Å². The predicted molar refractivity (Wildman–Crippen MR) is 262 cm³/mol. The molecular formula is C43H52N24O9S. The lowest BCUT2D eigenvalue weighted by atomic mass is 9.89. The Balaban J connectivity index is 1.31. The third-order valence-electron chi connectivity index (χ3n) is 11.7. The maximum absolute atomic E-state index is 15.4. The molecule has 6 rings (SSSR count). The summed E-state index contributed by atoms with van der Waals surface area (Å²) in [6, 6.07) is 19.7. The zero-order chi connectivity index (χ0) is 55.3. The molecule has 1 saturated heterocycles. The zero-order valence-corrected chi connectivity index (χ0v) is 42.8. The maximum Gasteiger partial charge on any atom is 0.408 e. The topological polar surface area (TPSA) is 419 Å². The molecule has 34 heteroatoms. The second-order valence-electron chi connectivity index (χ2n) is 17.6. The number of alkyl carbamates (subject to hydrolysis) is 1. The van der Waals surface area contributed by atoms with Crippen LogP contribution in [0, 0.1) is 11.4 Å². The van der Waals surface area contributed by atoms with E-state index in [1.165, 1.54) is 36.3 Å². The zero-order valence-electron chi connectivity index (χ0n) is 42.0. The van der Waals surface area contributed by atoms with Gasteiger partial charge in [0.1, 0.15) is 39.4 Å². The number of carbonyl (C=O) groups excluding carboxylic acids is 4. The molecule has 77 heavy (non-hydrogen) atoms. The fourth-order valence-electron chi connectivity index (χ4n) is 8.17. The number of esters is 1. The van der Waals surface area contributed by atoms with Crippen molar-refractivity contribution in [3.63, 3.8) is 0 Å². The molecule has 0 spiro atoms. The molecule has 2 heterocycles. The summed E-state index contributed by atoms with van der Waals surface area (Å²) >= 11 is 0. The van der Waals surface area contributed by atoms with E-state index in [0.29, 0.717) is 12.0 Å². The first-order valence-corrected chi connectivity index (χ1v) is 24.7. The highest BCUT2D eigenvalue weighted by Crippen LogP contribution is 2.47. The molecule has 3 aromatic rings. The average Bonchev–Trinajstić information content (AvgIpc) is 4.04. The molecule has 33 nitrogen and oxygen atoms in total. The Morgan fingerprint density at radius 1 is 0.779 bits per heavy atom. The van der Waals surface area contributed by atoms with Crippen LogP contribution in [0.15, 0.2) is 195 Å². The molecule has 404 valence electrons. The number of rotatable bonds is 18. The molecule has 1 saturated carbocycles. The summed E-state index contributed by atoms with van der Waals surface area (Å²) in [4.78, 5) is 58.5. The number of ether oxygens (including phenoxy) is 3. The van der Waals surface area contributed by atoms with Gasteiger partial charge in [0.25, 0.3) is 0 Å². The van der Waals surface area contributed by atoms with Gasteiger partial charge in [-0.05, 0) is 159 Å². The number of methoxy groups -OCH3 is 1. The van der Waals surface area contributed by atoms with Gasteiger partial charge in [-0.3, -0.25) is 9.59 Å². The number of benzene rings is 3. The van der Waals surface area contributed by atoms with Crippen molar-refractivity contribution in [2.45, 2.75) is 87.1 Å². The molecule has 0 aromatic heterocycles. The first-order chi connectivity index (χ1) is 37.1. The van der Waals surface area contributed by atoms with E-state index in [1.54, 1.807) is 39.8 Å². The number of sulfonamides is 1. The summed E-state index contributed by atoms with van der Waals surface area (Å²) in [5, 5.41) is 65.0. The van der Waals surface area contributed by atoms with Crippen LogP contribution in [-0.2, 0) is 44.2 Å². The molecule has 2 fully saturated rings. The summed E-state index contributed by atoms with van der Waals surface area (Å²) in [6.45, 7) is 5.47. The van der Waals surface area contributed by atoms with Gasteiger partial charge >= 0.3 is 12.1 Å². The van der Waals surface area contributed by atoms with Gasteiger partial charge in [-0.1, -0.05) is 78.9 Å². The highest BCUT2D eigenvalue weighted by atomic mass is 32.2. The minimum absolute atomic E-state index is 0.0476. The Bertz CT molecular complexity index is 3000. The van der Waals surface area contributed by atoms with E-state index in [4.69, 9.17) is 19.7 Å². The van der Waals surface area contributed by atoms with Crippen LogP contribution in [0.1, 0.15) is 58.9 Å². The minimum atomic E-state index is -4.65. The number of nitrogens with zero attached hydrogens (tertiary/aromatic N) is 21.